The molecule has 1 fully saturated rings. The molecule has 0 unspecified atom stereocenters. The van der Waals surface area contributed by atoms with Crippen LogP contribution in [-0.2, 0) is 11.3 Å². The number of amides is 2. The van der Waals surface area contributed by atoms with Crippen LogP contribution in [0.25, 0.3) is 0 Å². The van der Waals surface area contributed by atoms with Gasteiger partial charge in [0, 0.05) is 49.0 Å². The van der Waals surface area contributed by atoms with E-state index in [1.165, 1.54) is 17.4 Å². The number of nitrogens with one attached hydrogen (secondary N) is 1. The highest BCUT2D eigenvalue weighted by atomic mass is 35.5. The Morgan fingerprint density at radius 1 is 1.08 bits per heavy atom. The molecule has 0 aliphatic carbocycles. The summed E-state index contributed by atoms with van der Waals surface area (Å²) in [6.45, 7) is 9.14. The molecule has 1 atom stereocenters. The average molecular weight is 525 g/mol. The molecule has 3 aromatic rings. The summed E-state index contributed by atoms with van der Waals surface area (Å²) in [5, 5.41) is 12.7. The number of carbonyl (C=O) groups excluding carboxylic acids is 2. The summed E-state index contributed by atoms with van der Waals surface area (Å²) >= 11 is 7.27. The molecule has 1 aromatic heterocycles. The molecule has 4 rings (SSSR count). The van der Waals surface area contributed by atoms with Gasteiger partial charge in [-0.15, -0.1) is 16.8 Å². The number of benzene rings is 2. The summed E-state index contributed by atoms with van der Waals surface area (Å²) in [5.74, 6) is 0.716. The van der Waals surface area contributed by atoms with Gasteiger partial charge in [0.2, 0.25) is 5.91 Å². The fourth-order valence-corrected chi connectivity index (χ4v) is 5.03. The minimum absolute atomic E-state index is 0.0755. The van der Waals surface area contributed by atoms with Crippen LogP contribution < -0.4 is 10.2 Å². The Kier molecular flexibility index (Phi) is 8.66. The molecule has 8 nitrogen and oxygen atoms in total. The van der Waals surface area contributed by atoms with Gasteiger partial charge in [-0.3, -0.25) is 9.59 Å². The first-order valence-corrected chi connectivity index (χ1v) is 13.1. The average Bonchev–Trinajstić information content (AvgIpc) is 3.31. The summed E-state index contributed by atoms with van der Waals surface area (Å²) < 4.78 is 1.88. The third kappa shape index (κ3) is 6.27. The van der Waals surface area contributed by atoms with Crippen LogP contribution in [0.2, 0.25) is 5.02 Å². The van der Waals surface area contributed by atoms with Crippen LogP contribution in [-0.4, -0.2) is 63.4 Å². The molecule has 0 radical (unpaired) electrons. The van der Waals surface area contributed by atoms with Crippen molar-refractivity contribution in [3.8, 4) is 0 Å². The van der Waals surface area contributed by atoms with Crippen molar-refractivity contribution in [3.05, 3.63) is 83.7 Å². The van der Waals surface area contributed by atoms with E-state index in [4.69, 9.17) is 11.6 Å². The number of hydrogen-bond donors (Lipinski definition) is 1. The number of para-hydroxylation sites is 1. The maximum absolute atomic E-state index is 12.9. The number of rotatable bonds is 9. The molecule has 0 spiro atoms. The number of allylic oxidation sites excluding steroid dienone is 1. The Labute approximate surface area is 220 Å². The van der Waals surface area contributed by atoms with Crippen molar-refractivity contribution in [1.29, 1.82) is 0 Å². The first-order chi connectivity index (χ1) is 17.5. The van der Waals surface area contributed by atoms with Gasteiger partial charge in [-0.1, -0.05) is 47.6 Å². The van der Waals surface area contributed by atoms with Crippen molar-refractivity contribution in [3.63, 3.8) is 0 Å². The van der Waals surface area contributed by atoms with Crippen molar-refractivity contribution in [2.45, 2.75) is 24.7 Å². The summed E-state index contributed by atoms with van der Waals surface area (Å²) in [7, 11) is 0. The summed E-state index contributed by atoms with van der Waals surface area (Å²) in [6, 6.07) is 16.6. The van der Waals surface area contributed by atoms with Gasteiger partial charge in [0.1, 0.15) is 0 Å². The van der Waals surface area contributed by atoms with Gasteiger partial charge in [-0.05, 0) is 43.3 Å². The SMILES string of the molecule is C=CCn1c(SCC(=O)N2CCN(c3ccccc3)CC2)nnc1[C@H](C)NC(=O)c1ccc(Cl)cc1. The zero-order valence-corrected chi connectivity index (χ0v) is 21.7. The molecule has 0 bridgehead atoms. The van der Waals surface area contributed by atoms with E-state index in [0.717, 1.165) is 13.1 Å². The number of carbonyl (C=O) groups is 2. The molecule has 2 heterocycles. The Hall–Kier alpha value is -3.30. The van der Waals surface area contributed by atoms with Gasteiger partial charge in [-0.25, -0.2) is 0 Å². The molecular weight excluding hydrogens is 496 g/mol. The Bertz CT molecular complexity index is 1190. The normalized spacial score (nSPS) is 14.4. The number of hydrogen-bond acceptors (Lipinski definition) is 6. The fraction of sp³-hybridized carbons (Fsp3) is 0.308. The highest BCUT2D eigenvalue weighted by molar-refractivity contribution is 7.99. The number of piperazine rings is 1. The molecule has 1 N–H and O–H groups in total. The van der Waals surface area contributed by atoms with Gasteiger partial charge in [0.05, 0.1) is 11.8 Å². The van der Waals surface area contributed by atoms with Crippen LogP contribution in [0.4, 0.5) is 5.69 Å². The highest BCUT2D eigenvalue weighted by Gasteiger charge is 2.24. The van der Waals surface area contributed by atoms with E-state index >= 15 is 0 Å². The van der Waals surface area contributed by atoms with E-state index in [9.17, 15) is 9.59 Å². The van der Waals surface area contributed by atoms with E-state index in [-0.39, 0.29) is 17.6 Å². The summed E-state index contributed by atoms with van der Waals surface area (Å²) in [6.07, 6.45) is 1.75. The second-order valence-electron chi connectivity index (χ2n) is 8.43. The van der Waals surface area contributed by atoms with Crippen molar-refractivity contribution in [2.24, 2.45) is 0 Å². The highest BCUT2D eigenvalue weighted by Crippen LogP contribution is 2.22. The quantitative estimate of drug-likeness (QED) is 0.336. The van der Waals surface area contributed by atoms with Crippen LogP contribution >= 0.6 is 23.4 Å². The predicted octanol–water partition coefficient (Wildman–Crippen LogP) is 4.05. The lowest BCUT2D eigenvalue weighted by molar-refractivity contribution is -0.128. The number of thioether (sulfide) groups is 1. The Morgan fingerprint density at radius 3 is 2.44 bits per heavy atom. The summed E-state index contributed by atoms with van der Waals surface area (Å²) in [4.78, 5) is 29.7. The molecule has 36 heavy (non-hydrogen) atoms. The van der Waals surface area contributed by atoms with Crippen LogP contribution in [0.5, 0.6) is 0 Å². The van der Waals surface area contributed by atoms with Crippen molar-refractivity contribution in [1.82, 2.24) is 25.0 Å². The second kappa shape index (κ2) is 12.1. The van der Waals surface area contributed by atoms with E-state index in [2.05, 4.69) is 39.1 Å². The van der Waals surface area contributed by atoms with Gasteiger partial charge in [0.25, 0.3) is 5.91 Å². The lowest BCUT2D eigenvalue weighted by Gasteiger charge is -2.36. The number of anilines is 1. The smallest absolute Gasteiger partial charge is 0.251 e. The molecule has 1 aliphatic heterocycles. The van der Waals surface area contributed by atoms with Gasteiger partial charge in [0.15, 0.2) is 11.0 Å². The monoisotopic (exact) mass is 524 g/mol. The molecular formula is C26H29ClN6O2S. The zero-order valence-electron chi connectivity index (χ0n) is 20.1. The number of nitrogens with zero attached hydrogens (tertiary/aromatic N) is 5. The molecule has 0 saturated carbocycles. The second-order valence-corrected chi connectivity index (χ2v) is 9.81. The van der Waals surface area contributed by atoms with Gasteiger partial charge in [-0.2, -0.15) is 0 Å². The molecule has 188 valence electrons. The van der Waals surface area contributed by atoms with Crippen LogP contribution in [0, 0.1) is 0 Å². The number of halogens is 1. The summed E-state index contributed by atoms with van der Waals surface area (Å²) in [5.41, 5.74) is 1.69. The van der Waals surface area contributed by atoms with E-state index in [0.29, 0.717) is 41.2 Å². The van der Waals surface area contributed by atoms with E-state index in [1.807, 2.05) is 34.6 Å². The first-order valence-electron chi connectivity index (χ1n) is 11.8. The van der Waals surface area contributed by atoms with Crippen LogP contribution in [0.1, 0.15) is 29.1 Å². The fourth-order valence-electron chi connectivity index (χ4n) is 4.04. The Balaban J connectivity index is 1.34. The molecule has 2 amide bonds. The zero-order chi connectivity index (χ0) is 25.5. The molecule has 1 aliphatic rings. The topological polar surface area (TPSA) is 83.4 Å². The minimum atomic E-state index is -0.392. The van der Waals surface area contributed by atoms with Crippen molar-refractivity contribution >= 4 is 40.9 Å². The van der Waals surface area contributed by atoms with Gasteiger partial charge < -0.3 is 19.7 Å². The van der Waals surface area contributed by atoms with Crippen LogP contribution in [0.3, 0.4) is 0 Å². The van der Waals surface area contributed by atoms with E-state index in [1.54, 1.807) is 30.3 Å². The predicted molar refractivity (Wildman–Crippen MR) is 144 cm³/mol. The lowest BCUT2D eigenvalue weighted by atomic mass is 10.2. The van der Waals surface area contributed by atoms with Crippen molar-refractivity contribution < 1.29 is 9.59 Å². The molecule has 2 aromatic carbocycles. The maximum atomic E-state index is 12.9. The van der Waals surface area contributed by atoms with Crippen molar-refractivity contribution in [2.75, 3.05) is 36.8 Å². The Morgan fingerprint density at radius 2 is 1.78 bits per heavy atom. The number of aromatic nitrogens is 3. The third-order valence-electron chi connectivity index (χ3n) is 5.98. The third-order valence-corrected chi connectivity index (χ3v) is 7.18. The minimum Gasteiger partial charge on any atom is -0.368 e. The van der Waals surface area contributed by atoms with Crippen LogP contribution in [0.15, 0.2) is 72.4 Å². The first kappa shape index (κ1) is 25.8. The maximum Gasteiger partial charge on any atom is 0.251 e. The molecule has 1 saturated heterocycles. The molecule has 10 heteroatoms. The largest absolute Gasteiger partial charge is 0.368 e. The van der Waals surface area contributed by atoms with E-state index < -0.39 is 6.04 Å². The van der Waals surface area contributed by atoms with Gasteiger partial charge >= 0.3 is 0 Å². The standard InChI is InChI=1S/C26H29ClN6O2S/c1-3-13-33-24(19(2)28-25(35)20-9-11-21(27)12-10-20)29-30-26(33)36-18-23(34)32-16-14-31(15-17-32)22-7-5-4-6-8-22/h3-12,19H,1,13-18H2,2H3,(H,28,35)/t19-/m0/s1. The lowest BCUT2D eigenvalue weighted by Crippen LogP contribution is -2.49.